The van der Waals surface area contributed by atoms with Crippen LogP contribution in [0.15, 0.2) is 0 Å². The Labute approximate surface area is 124 Å². The molecule has 20 heavy (non-hydrogen) atoms. The summed E-state index contributed by atoms with van der Waals surface area (Å²) in [5.41, 5.74) is 0.616. The number of likely N-dealkylation sites (tertiary alicyclic amines) is 2. The van der Waals surface area contributed by atoms with Gasteiger partial charge in [0.25, 0.3) is 0 Å². The summed E-state index contributed by atoms with van der Waals surface area (Å²) < 4.78 is 5.25. The van der Waals surface area contributed by atoms with Crippen molar-refractivity contribution in [1.29, 1.82) is 0 Å². The van der Waals surface area contributed by atoms with E-state index in [1.54, 1.807) is 0 Å². The lowest BCUT2D eigenvalue weighted by molar-refractivity contribution is 0.0667. The number of rotatable bonds is 5. The Morgan fingerprint density at radius 3 is 2.60 bits per heavy atom. The Kier molecular flexibility index (Phi) is 5.00. The molecule has 3 aliphatic rings. The Bertz CT molecular complexity index is 303. The second-order valence-electron chi connectivity index (χ2n) is 7.51. The maximum absolute atomic E-state index is 5.25. The van der Waals surface area contributed by atoms with Crippen LogP contribution in [0.5, 0.6) is 0 Å². The van der Waals surface area contributed by atoms with Crippen LogP contribution in [-0.4, -0.2) is 62.8 Å². The fourth-order valence-corrected chi connectivity index (χ4v) is 4.80. The number of hydrogen-bond acceptors (Lipinski definition) is 3. The lowest BCUT2D eigenvalue weighted by Gasteiger charge is -2.40. The molecular formula is C17H32N2O. The van der Waals surface area contributed by atoms with E-state index in [4.69, 9.17) is 4.74 Å². The molecule has 0 radical (unpaired) electrons. The van der Waals surface area contributed by atoms with Crippen LogP contribution < -0.4 is 0 Å². The van der Waals surface area contributed by atoms with E-state index in [1.165, 1.54) is 77.7 Å². The number of piperidine rings is 1. The van der Waals surface area contributed by atoms with E-state index in [0.717, 1.165) is 19.1 Å². The minimum Gasteiger partial charge on any atom is -0.383 e. The van der Waals surface area contributed by atoms with Crippen molar-refractivity contribution in [2.24, 2.45) is 11.3 Å². The van der Waals surface area contributed by atoms with Gasteiger partial charge in [-0.15, -0.1) is 0 Å². The van der Waals surface area contributed by atoms with Gasteiger partial charge in [-0.25, -0.2) is 0 Å². The van der Waals surface area contributed by atoms with Crippen LogP contribution in [0.2, 0.25) is 0 Å². The molecule has 3 fully saturated rings. The predicted molar refractivity (Wildman–Crippen MR) is 83.0 cm³/mol. The van der Waals surface area contributed by atoms with Crippen molar-refractivity contribution >= 4 is 0 Å². The van der Waals surface area contributed by atoms with Gasteiger partial charge in [0.05, 0.1) is 6.61 Å². The molecule has 1 unspecified atom stereocenters. The molecule has 2 saturated heterocycles. The zero-order chi connectivity index (χ0) is 13.8. The Morgan fingerprint density at radius 1 is 1.00 bits per heavy atom. The molecule has 0 aromatic carbocycles. The molecular weight excluding hydrogens is 248 g/mol. The van der Waals surface area contributed by atoms with Crippen molar-refractivity contribution in [2.75, 3.05) is 53.0 Å². The van der Waals surface area contributed by atoms with E-state index >= 15 is 0 Å². The third-order valence-electron chi connectivity index (χ3n) is 5.86. The highest BCUT2D eigenvalue weighted by Crippen LogP contribution is 2.39. The van der Waals surface area contributed by atoms with Crippen LogP contribution in [0, 0.1) is 11.3 Å². The predicted octanol–water partition coefficient (Wildman–Crippen LogP) is 2.61. The molecule has 3 heteroatoms. The van der Waals surface area contributed by atoms with Gasteiger partial charge in [0.15, 0.2) is 0 Å². The summed E-state index contributed by atoms with van der Waals surface area (Å²) in [5, 5.41) is 0. The first-order valence-electron chi connectivity index (χ1n) is 8.73. The SMILES string of the molecule is COCCN1CCCC2(CCN(CC3CCCC3)C2)C1. The number of hydrogen-bond donors (Lipinski definition) is 0. The Balaban J connectivity index is 1.49. The summed E-state index contributed by atoms with van der Waals surface area (Å²) in [7, 11) is 1.82. The van der Waals surface area contributed by atoms with Gasteiger partial charge in [-0.1, -0.05) is 12.8 Å². The van der Waals surface area contributed by atoms with Gasteiger partial charge >= 0.3 is 0 Å². The summed E-state index contributed by atoms with van der Waals surface area (Å²) >= 11 is 0. The van der Waals surface area contributed by atoms with Gasteiger partial charge in [0.2, 0.25) is 0 Å². The average Bonchev–Trinajstić information content (AvgIpc) is 3.08. The van der Waals surface area contributed by atoms with Crippen molar-refractivity contribution < 1.29 is 4.74 Å². The molecule has 0 amide bonds. The standard InChI is InChI=1S/C17H32N2O/c1-20-12-11-18-9-4-7-17(14-18)8-10-19(15-17)13-16-5-2-3-6-16/h16H,2-15H2,1H3. The van der Waals surface area contributed by atoms with Crippen LogP contribution in [-0.2, 0) is 4.74 Å². The maximum atomic E-state index is 5.25. The lowest BCUT2D eigenvalue weighted by atomic mass is 9.79. The molecule has 2 aliphatic heterocycles. The molecule has 116 valence electrons. The second kappa shape index (κ2) is 6.76. The summed E-state index contributed by atoms with van der Waals surface area (Å²) in [6, 6.07) is 0. The molecule has 3 nitrogen and oxygen atoms in total. The van der Waals surface area contributed by atoms with Crippen molar-refractivity contribution in [3.05, 3.63) is 0 Å². The smallest absolute Gasteiger partial charge is 0.0589 e. The van der Waals surface area contributed by atoms with Crippen molar-refractivity contribution in [3.8, 4) is 0 Å². The number of nitrogens with zero attached hydrogens (tertiary/aromatic N) is 2. The van der Waals surface area contributed by atoms with E-state index in [0.29, 0.717) is 5.41 Å². The van der Waals surface area contributed by atoms with Crippen LogP contribution in [0.3, 0.4) is 0 Å². The van der Waals surface area contributed by atoms with Crippen molar-refractivity contribution in [2.45, 2.75) is 44.9 Å². The van der Waals surface area contributed by atoms with Gasteiger partial charge in [-0.2, -0.15) is 0 Å². The van der Waals surface area contributed by atoms with Gasteiger partial charge in [-0.05, 0) is 56.5 Å². The Morgan fingerprint density at radius 2 is 1.80 bits per heavy atom. The summed E-state index contributed by atoms with van der Waals surface area (Å²) in [6.07, 6.45) is 10.2. The average molecular weight is 280 g/mol. The molecule has 0 bridgehead atoms. The lowest BCUT2D eigenvalue weighted by Crippen LogP contribution is -2.46. The zero-order valence-electron chi connectivity index (χ0n) is 13.3. The highest BCUT2D eigenvalue weighted by atomic mass is 16.5. The van der Waals surface area contributed by atoms with Crippen molar-refractivity contribution in [3.63, 3.8) is 0 Å². The highest BCUT2D eigenvalue weighted by Gasteiger charge is 2.41. The van der Waals surface area contributed by atoms with E-state index in [9.17, 15) is 0 Å². The molecule has 1 aliphatic carbocycles. The van der Waals surface area contributed by atoms with Crippen LogP contribution >= 0.6 is 0 Å². The first-order chi connectivity index (χ1) is 9.80. The molecule has 0 aromatic heterocycles. The largest absolute Gasteiger partial charge is 0.383 e. The van der Waals surface area contributed by atoms with Gasteiger partial charge in [-0.3, -0.25) is 0 Å². The molecule has 2 heterocycles. The van der Waals surface area contributed by atoms with Gasteiger partial charge < -0.3 is 14.5 Å². The second-order valence-corrected chi connectivity index (χ2v) is 7.51. The fraction of sp³-hybridized carbons (Fsp3) is 1.00. The fourth-order valence-electron chi connectivity index (χ4n) is 4.80. The van der Waals surface area contributed by atoms with E-state index in [2.05, 4.69) is 9.80 Å². The number of methoxy groups -OCH3 is 1. The molecule has 1 spiro atoms. The van der Waals surface area contributed by atoms with E-state index in [-0.39, 0.29) is 0 Å². The van der Waals surface area contributed by atoms with Crippen molar-refractivity contribution in [1.82, 2.24) is 9.80 Å². The summed E-state index contributed by atoms with van der Waals surface area (Å²) in [5.74, 6) is 1.01. The van der Waals surface area contributed by atoms with Gasteiger partial charge in [0, 0.05) is 33.3 Å². The minimum atomic E-state index is 0.616. The Hall–Kier alpha value is -0.120. The van der Waals surface area contributed by atoms with Crippen LogP contribution in [0.25, 0.3) is 0 Å². The van der Waals surface area contributed by atoms with Crippen LogP contribution in [0.4, 0.5) is 0 Å². The molecule has 3 rings (SSSR count). The molecule has 0 N–H and O–H groups in total. The normalized spacial score (nSPS) is 33.5. The number of ether oxygens (including phenoxy) is 1. The highest BCUT2D eigenvalue weighted by molar-refractivity contribution is 4.95. The molecule has 0 aromatic rings. The first kappa shape index (κ1) is 14.8. The van der Waals surface area contributed by atoms with E-state index in [1.807, 2.05) is 7.11 Å². The molecule has 1 saturated carbocycles. The first-order valence-corrected chi connectivity index (χ1v) is 8.73. The third-order valence-corrected chi connectivity index (χ3v) is 5.86. The van der Waals surface area contributed by atoms with E-state index < -0.39 is 0 Å². The third kappa shape index (κ3) is 3.55. The van der Waals surface area contributed by atoms with Crippen LogP contribution in [0.1, 0.15) is 44.9 Å². The zero-order valence-corrected chi connectivity index (χ0v) is 13.3. The quantitative estimate of drug-likeness (QED) is 0.770. The summed E-state index contributed by atoms with van der Waals surface area (Å²) in [4.78, 5) is 5.43. The van der Waals surface area contributed by atoms with Gasteiger partial charge in [0.1, 0.15) is 0 Å². The monoisotopic (exact) mass is 280 g/mol. The molecule has 1 atom stereocenters. The summed E-state index contributed by atoms with van der Waals surface area (Å²) in [6.45, 7) is 8.73. The topological polar surface area (TPSA) is 15.7 Å². The minimum absolute atomic E-state index is 0.616. The maximum Gasteiger partial charge on any atom is 0.0589 e.